The fraction of sp³-hybridized carbons (Fsp3) is 0.364. The second-order valence-corrected chi connectivity index (χ2v) is 7.99. The van der Waals surface area contributed by atoms with Gasteiger partial charge in [-0.3, -0.25) is 0 Å². The highest BCUT2D eigenvalue weighted by Crippen LogP contribution is 2.27. The third kappa shape index (κ3) is 3.42. The van der Waals surface area contributed by atoms with E-state index >= 15 is 0 Å². The van der Waals surface area contributed by atoms with Crippen LogP contribution in [0.25, 0.3) is 33.9 Å². The molecule has 0 unspecified atom stereocenters. The summed E-state index contributed by atoms with van der Waals surface area (Å²) in [4.78, 5) is 4.60. The Morgan fingerprint density at radius 3 is 2.50 bits per heavy atom. The maximum absolute atomic E-state index is 5.53. The number of aromatic nitrogens is 5. The van der Waals surface area contributed by atoms with Crippen LogP contribution < -0.4 is 0 Å². The van der Waals surface area contributed by atoms with Gasteiger partial charge in [-0.1, -0.05) is 30.3 Å². The lowest BCUT2D eigenvalue weighted by Gasteiger charge is -2.09. The van der Waals surface area contributed by atoms with Crippen LogP contribution in [0.15, 0.2) is 40.9 Å². The van der Waals surface area contributed by atoms with Gasteiger partial charge < -0.3 is 4.52 Å². The molecule has 144 valence electrons. The zero-order chi connectivity index (χ0) is 19.8. The number of fused-ring (bicyclic) bond motifs is 1. The minimum atomic E-state index is 0.259. The van der Waals surface area contributed by atoms with Gasteiger partial charge in [0.05, 0.1) is 5.52 Å². The van der Waals surface area contributed by atoms with Crippen LogP contribution >= 0.6 is 0 Å². The Kier molecular flexibility index (Phi) is 4.71. The van der Waals surface area contributed by atoms with Gasteiger partial charge in [0.25, 0.3) is 5.89 Å². The molecule has 0 aliphatic heterocycles. The first-order chi connectivity index (χ1) is 13.4. The van der Waals surface area contributed by atoms with E-state index in [4.69, 9.17) is 4.52 Å². The SMILES string of the molecule is Cc1cc(-c2nc(-c3ccc4c(c3)nnn4C(C)C)no2)ccc1CC(C)C. The van der Waals surface area contributed by atoms with Crippen LogP contribution in [0.4, 0.5) is 0 Å². The van der Waals surface area contributed by atoms with Gasteiger partial charge in [-0.05, 0) is 74.6 Å². The molecule has 4 rings (SSSR count). The molecular formula is C22H25N5O. The highest BCUT2D eigenvalue weighted by atomic mass is 16.5. The van der Waals surface area contributed by atoms with Crippen LogP contribution in [0.5, 0.6) is 0 Å². The minimum absolute atomic E-state index is 0.259. The van der Waals surface area contributed by atoms with Gasteiger partial charge in [-0.25, -0.2) is 4.68 Å². The van der Waals surface area contributed by atoms with Crippen LogP contribution in [0.1, 0.15) is 44.9 Å². The summed E-state index contributed by atoms with van der Waals surface area (Å²) in [5, 5.41) is 12.7. The van der Waals surface area contributed by atoms with Crippen molar-refractivity contribution in [2.24, 2.45) is 5.92 Å². The van der Waals surface area contributed by atoms with E-state index in [1.165, 1.54) is 11.1 Å². The van der Waals surface area contributed by atoms with Crippen molar-refractivity contribution < 1.29 is 4.52 Å². The first kappa shape index (κ1) is 18.3. The number of rotatable bonds is 5. The summed E-state index contributed by atoms with van der Waals surface area (Å²) in [7, 11) is 0. The second kappa shape index (κ2) is 7.19. The van der Waals surface area contributed by atoms with Gasteiger partial charge in [0.15, 0.2) is 0 Å². The van der Waals surface area contributed by atoms with Crippen molar-refractivity contribution in [2.75, 3.05) is 0 Å². The Labute approximate surface area is 164 Å². The first-order valence-electron chi connectivity index (χ1n) is 9.71. The molecule has 0 bridgehead atoms. The summed E-state index contributed by atoms with van der Waals surface area (Å²) < 4.78 is 7.44. The monoisotopic (exact) mass is 375 g/mol. The molecular weight excluding hydrogens is 350 g/mol. The maximum atomic E-state index is 5.53. The van der Waals surface area contributed by atoms with E-state index < -0.39 is 0 Å². The highest BCUT2D eigenvalue weighted by Gasteiger charge is 2.14. The molecule has 0 radical (unpaired) electrons. The third-order valence-electron chi connectivity index (χ3n) is 4.86. The number of benzene rings is 2. The lowest BCUT2D eigenvalue weighted by Crippen LogP contribution is -2.02. The van der Waals surface area contributed by atoms with Gasteiger partial charge in [-0.2, -0.15) is 4.98 Å². The van der Waals surface area contributed by atoms with E-state index in [0.29, 0.717) is 17.6 Å². The summed E-state index contributed by atoms with van der Waals surface area (Å²) in [5.74, 6) is 1.71. The van der Waals surface area contributed by atoms with Gasteiger partial charge in [-0.15, -0.1) is 5.10 Å². The number of aryl methyl sites for hydroxylation is 1. The maximum Gasteiger partial charge on any atom is 0.258 e. The summed E-state index contributed by atoms with van der Waals surface area (Å²) in [6, 6.07) is 12.5. The van der Waals surface area contributed by atoms with Gasteiger partial charge in [0.2, 0.25) is 5.82 Å². The largest absolute Gasteiger partial charge is 0.334 e. The molecule has 6 heteroatoms. The van der Waals surface area contributed by atoms with E-state index in [1.807, 2.05) is 22.9 Å². The molecule has 0 aliphatic carbocycles. The molecule has 4 aromatic rings. The van der Waals surface area contributed by atoms with Crippen LogP contribution in [-0.4, -0.2) is 25.1 Å². The van der Waals surface area contributed by atoms with Crippen molar-refractivity contribution in [3.05, 3.63) is 47.5 Å². The van der Waals surface area contributed by atoms with E-state index in [1.54, 1.807) is 0 Å². The quantitative estimate of drug-likeness (QED) is 0.477. The number of nitrogens with zero attached hydrogens (tertiary/aromatic N) is 5. The van der Waals surface area contributed by atoms with Crippen LogP contribution in [0, 0.1) is 12.8 Å². The molecule has 0 aliphatic rings. The molecule has 0 atom stereocenters. The van der Waals surface area contributed by atoms with Crippen molar-refractivity contribution in [3.8, 4) is 22.8 Å². The molecule has 2 aromatic carbocycles. The average Bonchev–Trinajstić information content (AvgIpc) is 3.29. The molecule has 0 saturated carbocycles. The summed E-state index contributed by atoms with van der Waals surface area (Å²) >= 11 is 0. The van der Waals surface area contributed by atoms with Crippen LogP contribution in [-0.2, 0) is 6.42 Å². The Morgan fingerprint density at radius 1 is 1.00 bits per heavy atom. The summed E-state index contributed by atoms with van der Waals surface area (Å²) in [6.07, 6.45) is 1.07. The van der Waals surface area contributed by atoms with Crippen molar-refractivity contribution in [1.29, 1.82) is 0 Å². The summed E-state index contributed by atoms with van der Waals surface area (Å²) in [6.45, 7) is 10.8. The number of hydrogen-bond donors (Lipinski definition) is 0. The third-order valence-corrected chi connectivity index (χ3v) is 4.86. The Bertz CT molecular complexity index is 1120. The lowest BCUT2D eigenvalue weighted by atomic mass is 9.97. The van der Waals surface area contributed by atoms with Crippen molar-refractivity contribution in [3.63, 3.8) is 0 Å². The Hall–Kier alpha value is -3.02. The fourth-order valence-electron chi connectivity index (χ4n) is 3.42. The van der Waals surface area contributed by atoms with Gasteiger partial charge in [0, 0.05) is 17.2 Å². The molecule has 0 N–H and O–H groups in total. The zero-order valence-electron chi connectivity index (χ0n) is 17.0. The topological polar surface area (TPSA) is 69.6 Å². The standard InChI is InChI=1S/C22H25N5O/c1-13(2)10-16-6-7-18(11-15(16)5)22-23-21(25-28-22)17-8-9-20-19(12-17)24-26-27(20)14(3)4/h6-9,11-14H,10H2,1-5H3. The molecule has 0 spiro atoms. The highest BCUT2D eigenvalue weighted by molar-refractivity contribution is 5.80. The van der Waals surface area contributed by atoms with E-state index in [9.17, 15) is 0 Å². The van der Waals surface area contributed by atoms with Crippen molar-refractivity contribution in [1.82, 2.24) is 25.1 Å². The predicted molar refractivity (Wildman–Crippen MR) is 110 cm³/mol. The van der Waals surface area contributed by atoms with Crippen molar-refractivity contribution in [2.45, 2.75) is 47.1 Å². The molecule has 6 nitrogen and oxygen atoms in total. The van der Waals surface area contributed by atoms with Gasteiger partial charge >= 0.3 is 0 Å². The number of hydrogen-bond acceptors (Lipinski definition) is 5. The first-order valence-corrected chi connectivity index (χ1v) is 9.71. The minimum Gasteiger partial charge on any atom is -0.334 e. The van der Waals surface area contributed by atoms with E-state index in [-0.39, 0.29) is 6.04 Å². The molecule has 0 saturated heterocycles. The van der Waals surface area contributed by atoms with E-state index in [2.05, 4.69) is 73.3 Å². The molecule has 2 heterocycles. The fourth-order valence-corrected chi connectivity index (χ4v) is 3.42. The average molecular weight is 375 g/mol. The molecule has 2 aromatic heterocycles. The van der Waals surface area contributed by atoms with Crippen LogP contribution in [0.3, 0.4) is 0 Å². The molecule has 0 amide bonds. The van der Waals surface area contributed by atoms with Crippen molar-refractivity contribution >= 4 is 11.0 Å². The Balaban J connectivity index is 1.64. The van der Waals surface area contributed by atoms with Gasteiger partial charge in [0.1, 0.15) is 5.52 Å². The smallest absolute Gasteiger partial charge is 0.258 e. The van der Waals surface area contributed by atoms with E-state index in [0.717, 1.165) is 28.6 Å². The molecule has 28 heavy (non-hydrogen) atoms. The van der Waals surface area contributed by atoms with Crippen LogP contribution in [0.2, 0.25) is 0 Å². The Morgan fingerprint density at radius 2 is 1.79 bits per heavy atom. The molecule has 0 fully saturated rings. The predicted octanol–water partition coefficient (Wildman–Crippen LogP) is 5.24. The lowest BCUT2D eigenvalue weighted by molar-refractivity contribution is 0.432. The normalized spacial score (nSPS) is 11.8. The summed E-state index contributed by atoms with van der Waals surface area (Å²) in [5.41, 5.74) is 6.24. The zero-order valence-corrected chi connectivity index (χ0v) is 17.0. The second-order valence-electron chi connectivity index (χ2n) is 7.99.